The third-order valence-corrected chi connectivity index (χ3v) is 10.3. The van der Waals surface area contributed by atoms with Gasteiger partial charge >= 0.3 is 0 Å². The van der Waals surface area contributed by atoms with Crippen LogP contribution in [0.2, 0.25) is 0 Å². The molecule has 0 spiro atoms. The third kappa shape index (κ3) is 4.25. The predicted octanol–water partition coefficient (Wildman–Crippen LogP) is 11.4. The van der Waals surface area contributed by atoms with Gasteiger partial charge in [-0.25, -0.2) is 15.0 Å². The summed E-state index contributed by atoms with van der Waals surface area (Å²) in [5.74, 6) is 1.82. The van der Waals surface area contributed by atoms with Gasteiger partial charge in [0.25, 0.3) is 0 Å². The van der Waals surface area contributed by atoms with Crippen LogP contribution in [0.25, 0.3) is 94.7 Å². The van der Waals surface area contributed by atoms with E-state index in [1.165, 1.54) is 44.1 Å². The van der Waals surface area contributed by atoms with E-state index in [4.69, 9.17) is 19.4 Å². The van der Waals surface area contributed by atoms with Gasteiger partial charge < -0.3 is 8.98 Å². The Balaban J connectivity index is 1.13. The highest BCUT2D eigenvalue weighted by atomic mass is 16.3. The van der Waals surface area contributed by atoms with E-state index in [1.807, 2.05) is 66.7 Å². The SMILES string of the molecule is c1ccc(-c2nc(-c3ccccc3)nc(-c3cccc4c3oc3ccc(-n5c6ccccc6c6ccc7c(c65)Cc5ccccc5-7)cc34)n2)cc1. The fourth-order valence-electron chi connectivity index (χ4n) is 7.98. The summed E-state index contributed by atoms with van der Waals surface area (Å²) in [6.07, 6.45) is 0.918. The first-order valence-corrected chi connectivity index (χ1v) is 17.2. The number of rotatable bonds is 4. The van der Waals surface area contributed by atoms with E-state index in [9.17, 15) is 0 Å². The zero-order valence-corrected chi connectivity index (χ0v) is 27.4. The van der Waals surface area contributed by atoms with Crippen LogP contribution in [0.15, 0.2) is 162 Å². The Bertz CT molecular complexity index is 2940. The molecule has 10 aromatic rings. The molecular weight excluding hydrogens is 625 g/mol. The van der Waals surface area contributed by atoms with Crippen LogP contribution < -0.4 is 0 Å². The third-order valence-electron chi connectivity index (χ3n) is 10.3. The highest BCUT2D eigenvalue weighted by Gasteiger charge is 2.25. The molecule has 5 heteroatoms. The van der Waals surface area contributed by atoms with Crippen LogP contribution in [0.4, 0.5) is 0 Å². The molecule has 1 aliphatic rings. The summed E-state index contributed by atoms with van der Waals surface area (Å²) in [6, 6.07) is 55.1. The van der Waals surface area contributed by atoms with Crippen LogP contribution >= 0.6 is 0 Å². The van der Waals surface area contributed by atoms with Gasteiger partial charge in [-0.05, 0) is 52.6 Å². The first kappa shape index (κ1) is 28.0. The molecule has 0 unspecified atom stereocenters. The Kier molecular flexibility index (Phi) is 5.95. The average Bonchev–Trinajstić information content (AvgIpc) is 3.88. The van der Waals surface area contributed by atoms with Crippen molar-refractivity contribution in [2.45, 2.75) is 6.42 Å². The maximum atomic E-state index is 6.68. The molecule has 11 rings (SSSR count). The smallest absolute Gasteiger partial charge is 0.167 e. The van der Waals surface area contributed by atoms with Crippen molar-refractivity contribution in [3.05, 3.63) is 169 Å². The monoisotopic (exact) mass is 652 g/mol. The van der Waals surface area contributed by atoms with Crippen LogP contribution in [0.3, 0.4) is 0 Å². The van der Waals surface area contributed by atoms with Crippen molar-refractivity contribution in [3.8, 4) is 51.0 Å². The van der Waals surface area contributed by atoms with Gasteiger partial charge in [0.05, 0.1) is 16.6 Å². The Labute approximate surface area is 293 Å². The Morgan fingerprint density at radius 1 is 0.471 bits per heavy atom. The molecule has 3 aromatic heterocycles. The van der Waals surface area contributed by atoms with E-state index in [1.54, 1.807) is 0 Å². The van der Waals surface area contributed by atoms with Crippen LogP contribution in [0.1, 0.15) is 11.1 Å². The van der Waals surface area contributed by atoms with Gasteiger partial charge in [-0.2, -0.15) is 0 Å². The highest BCUT2D eigenvalue weighted by molar-refractivity contribution is 6.14. The lowest BCUT2D eigenvalue weighted by atomic mass is 10.0. The minimum Gasteiger partial charge on any atom is -0.455 e. The lowest BCUT2D eigenvalue weighted by molar-refractivity contribution is 0.669. The Morgan fingerprint density at radius 3 is 1.94 bits per heavy atom. The number of benzene rings is 7. The quantitative estimate of drug-likeness (QED) is 0.190. The van der Waals surface area contributed by atoms with Gasteiger partial charge in [0.1, 0.15) is 11.2 Å². The molecule has 0 bridgehead atoms. The number of furan rings is 1. The van der Waals surface area contributed by atoms with Crippen molar-refractivity contribution >= 4 is 43.7 Å². The molecule has 51 heavy (non-hydrogen) atoms. The second kappa shape index (κ2) is 10.8. The fourth-order valence-corrected chi connectivity index (χ4v) is 7.98. The zero-order valence-electron chi connectivity index (χ0n) is 27.4. The van der Waals surface area contributed by atoms with Crippen molar-refractivity contribution in [2.24, 2.45) is 0 Å². The zero-order chi connectivity index (χ0) is 33.5. The first-order valence-electron chi connectivity index (χ1n) is 17.2. The topological polar surface area (TPSA) is 56.7 Å². The molecule has 0 amide bonds. The molecule has 0 N–H and O–H groups in total. The van der Waals surface area contributed by atoms with E-state index in [-0.39, 0.29) is 0 Å². The summed E-state index contributed by atoms with van der Waals surface area (Å²) in [7, 11) is 0. The normalized spacial score (nSPS) is 12.2. The molecular formula is C46H28N4O. The molecule has 7 aromatic carbocycles. The van der Waals surface area contributed by atoms with E-state index in [2.05, 4.69) is 95.6 Å². The van der Waals surface area contributed by atoms with Gasteiger partial charge in [0.15, 0.2) is 17.5 Å². The molecule has 1 aliphatic carbocycles. The van der Waals surface area contributed by atoms with Crippen LogP contribution in [0.5, 0.6) is 0 Å². The summed E-state index contributed by atoms with van der Waals surface area (Å²) in [4.78, 5) is 14.9. The van der Waals surface area contributed by atoms with Crippen molar-refractivity contribution in [1.82, 2.24) is 19.5 Å². The van der Waals surface area contributed by atoms with Gasteiger partial charge in [-0.15, -0.1) is 0 Å². The van der Waals surface area contributed by atoms with Crippen LogP contribution in [0, 0.1) is 0 Å². The Hall–Kier alpha value is -6.85. The van der Waals surface area contributed by atoms with Crippen molar-refractivity contribution in [1.29, 1.82) is 0 Å². The molecule has 238 valence electrons. The second-order valence-corrected chi connectivity index (χ2v) is 13.2. The van der Waals surface area contributed by atoms with Crippen molar-refractivity contribution in [2.75, 3.05) is 0 Å². The summed E-state index contributed by atoms with van der Waals surface area (Å²) in [6.45, 7) is 0. The number of hydrogen-bond donors (Lipinski definition) is 0. The van der Waals surface area contributed by atoms with Crippen LogP contribution in [-0.2, 0) is 6.42 Å². The number of aromatic nitrogens is 4. The van der Waals surface area contributed by atoms with E-state index >= 15 is 0 Å². The number of fused-ring (bicyclic) bond motifs is 10. The maximum absolute atomic E-state index is 6.68. The van der Waals surface area contributed by atoms with Crippen molar-refractivity contribution < 1.29 is 4.42 Å². The molecule has 0 saturated carbocycles. The Morgan fingerprint density at radius 2 is 1.14 bits per heavy atom. The second-order valence-electron chi connectivity index (χ2n) is 13.2. The number of nitrogens with zero attached hydrogens (tertiary/aromatic N) is 4. The largest absolute Gasteiger partial charge is 0.455 e. The lowest BCUT2D eigenvalue weighted by Gasteiger charge is -2.11. The van der Waals surface area contributed by atoms with Gasteiger partial charge in [-0.1, -0.05) is 127 Å². The summed E-state index contributed by atoms with van der Waals surface area (Å²) >= 11 is 0. The minimum atomic E-state index is 0.574. The highest BCUT2D eigenvalue weighted by Crippen LogP contribution is 2.45. The summed E-state index contributed by atoms with van der Waals surface area (Å²) in [5, 5.41) is 4.59. The first-order chi connectivity index (χ1) is 25.3. The number of para-hydroxylation sites is 2. The van der Waals surface area contributed by atoms with Gasteiger partial charge in [0, 0.05) is 44.8 Å². The molecule has 0 radical (unpaired) electrons. The molecule has 0 atom stereocenters. The standard InChI is InChI=1S/C46H28N4O/c1-3-12-28(13-4-1)44-47-45(29-14-5-2-6-15-29)49-46(48-44)37-20-11-19-36-38-27-31(22-25-41(38)51-43(36)37)50-40-21-10-9-18-34(40)35-24-23-33-32-17-8-7-16-30(32)26-39(33)42(35)50/h1-25,27H,26H2. The average molecular weight is 653 g/mol. The van der Waals surface area contributed by atoms with Crippen LogP contribution in [-0.4, -0.2) is 19.5 Å². The van der Waals surface area contributed by atoms with E-state index in [0.717, 1.165) is 50.7 Å². The molecule has 0 aliphatic heterocycles. The summed E-state index contributed by atoms with van der Waals surface area (Å²) < 4.78 is 9.13. The van der Waals surface area contributed by atoms with E-state index < -0.39 is 0 Å². The molecule has 0 fully saturated rings. The summed E-state index contributed by atoms with van der Waals surface area (Å²) in [5.41, 5.74) is 13.2. The minimum absolute atomic E-state index is 0.574. The van der Waals surface area contributed by atoms with Crippen molar-refractivity contribution in [3.63, 3.8) is 0 Å². The van der Waals surface area contributed by atoms with Gasteiger partial charge in [-0.3, -0.25) is 0 Å². The lowest BCUT2D eigenvalue weighted by Crippen LogP contribution is -2.00. The fraction of sp³-hybridized carbons (Fsp3) is 0.0217. The molecule has 5 nitrogen and oxygen atoms in total. The molecule has 0 saturated heterocycles. The van der Waals surface area contributed by atoms with E-state index in [0.29, 0.717) is 17.5 Å². The van der Waals surface area contributed by atoms with Gasteiger partial charge in [0.2, 0.25) is 0 Å². The maximum Gasteiger partial charge on any atom is 0.167 e. The number of hydrogen-bond acceptors (Lipinski definition) is 4. The predicted molar refractivity (Wildman–Crippen MR) is 206 cm³/mol. The molecule has 3 heterocycles.